The van der Waals surface area contributed by atoms with Crippen molar-refractivity contribution in [3.8, 4) is 0 Å². The molecular weight excluding hydrogens is 390 g/mol. The monoisotopic (exact) mass is 415 g/mol. The summed E-state index contributed by atoms with van der Waals surface area (Å²) in [6.45, 7) is 0.622. The second kappa shape index (κ2) is 8.75. The summed E-state index contributed by atoms with van der Waals surface area (Å²) in [5, 5.41) is 2.86. The first-order chi connectivity index (χ1) is 13.8. The number of sulfonamides is 1. The number of carbonyl (C=O) groups excluding carboxylic acids is 2. The Morgan fingerprint density at radius 3 is 2.10 bits per heavy atom. The molecule has 154 valence electrons. The first kappa shape index (κ1) is 21.0. The van der Waals surface area contributed by atoms with E-state index in [-0.39, 0.29) is 22.6 Å². The van der Waals surface area contributed by atoms with Crippen LogP contribution < -0.4 is 5.32 Å². The van der Waals surface area contributed by atoms with Gasteiger partial charge in [-0.2, -0.15) is 4.31 Å². The van der Waals surface area contributed by atoms with E-state index in [1.807, 2.05) is 0 Å². The van der Waals surface area contributed by atoms with E-state index in [0.29, 0.717) is 37.2 Å². The molecule has 0 bridgehead atoms. The number of nitrogens with zero attached hydrogens (tertiary/aromatic N) is 2. The van der Waals surface area contributed by atoms with Crippen molar-refractivity contribution in [2.24, 2.45) is 5.92 Å². The Bertz CT molecular complexity index is 965. The van der Waals surface area contributed by atoms with Gasteiger partial charge in [0, 0.05) is 44.4 Å². The molecule has 1 saturated heterocycles. The van der Waals surface area contributed by atoms with Gasteiger partial charge in [-0.1, -0.05) is 18.2 Å². The van der Waals surface area contributed by atoms with E-state index in [2.05, 4.69) is 5.32 Å². The first-order valence-corrected chi connectivity index (χ1v) is 10.9. The highest BCUT2D eigenvalue weighted by molar-refractivity contribution is 7.89. The number of nitrogens with one attached hydrogen (secondary N) is 1. The van der Waals surface area contributed by atoms with Gasteiger partial charge in [0.15, 0.2) is 0 Å². The lowest BCUT2D eigenvalue weighted by Crippen LogP contribution is -2.41. The van der Waals surface area contributed by atoms with Crippen LogP contribution in [0.5, 0.6) is 0 Å². The zero-order valence-corrected chi connectivity index (χ0v) is 17.4. The van der Waals surface area contributed by atoms with E-state index in [9.17, 15) is 18.0 Å². The fraction of sp³-hybridized carbons (Fsp3) is 0.333. The molecule has 1 aliphatic heterocycles. The molecule has 8 heteroatoms. The number of anilines is 1. The van der Waals surface area contributed by atoms with Crippen molar-refractivity contribution in [1.82, 2.24) is 9.21 Å². The van der Waals surface area contributed by atoms with Crippen LogP contribution in [0.4, 0.5) is 5.69 Å². The Labute approximate surface area is 171 Å². The lowest BCUT2D eigenvalue weighted by Gasteiger charge is -2.30. The summed E-state index contributed by atoms with van der Waals surface area (Å²) in [7, 11) is -0.159. The zero-order chi connectivity index (χ0) is 21.0. The summed E-state index contributed by atoms with van der Waals surface area (Å²) < 4.78 is 26.8. The fourth-order valence-corrected chi connectivity index (χ4v) is 4.79. The number of hydrogen-bond donors (Lipinski definition) is 1. The maximum Gasteiger partial charge on any atom is 0.253 e. The van der Waals surface area contributed by atoms with Gasteiger partial charge in [0.25, 0.3) is 5.91 Å². The third kappa shape index (κ3) is 4.83. The molecule has 0 atom stereocenters. The van der Waals surface area contributed by atoms with Crippen LogP contribution in [0.15, 0.2) is 59.5 Å². The van der Waals surface area contributed by atoms with Crippen molar-refractivity contribution in [3.05, 3.63) is 60.2 Å². The molecule has 2 aromatic carbocycles. The molecule has 1 fully saturated rings. The van der Waals surface area contributed by atoms with Gasteiger partial charge in [0.05, 0.1) is 4.90 Å². The minimum Gasteiger partial charge on any atom is -0.345 e. The summed E-state index contributed by atoms with van der Waals surface area (Å²) >= 11 is 0. The third-order valence-corrected chi connectivity index (χ3v) is 6.92. The molecule has 0 spiro atoms. The molecule has 1 aliphatic rings. The summed E-state index contributed by atoms with van der Waals surface area (Å²) in [5.41, 5.74) is 1.16. The standard InChI is InChI=1S/C21H25N3O4S/c1-23(2)21(26)17-8-10-18(11-9-17)22-20(25)16-12-14-24(15-13-16)29(27,28)19-6-4-3-5-7-19/h3-11,16H,12-15H2,1-2H3,(H,22,25). The van der Waals surface area contributed by atoms with Gasteiger partial charge in [-0.05, 0) is 49.2 Å². The lowest BCUT2D eigenvalue weighted by atomic mass is 9.97. The average Bonchev–Trinajstić information content (AvgIpc) is 2.74. The van der Waals surface area contributed by atoms with E-state index >= 15 is 0 Å². The Hall–Kier alpha value is -2.71. The molecule has 29 heavy (non-hydrogen) atoms. The second-order valence-corrected chi connectivity index (χ2v) is 9.20. The molecule has 2 amide bonds. The van der Waals surface area contributed by atoms with Crippen molar-refractivity contribution in [3.63, 3.8) is 0 Å². The topological polar surface area (TPSA) is 86.8 Å². The number of carbonyl (C=O) groups is 2. The van der Waals surface area contributed by atoms with E-state index in [0.717, 1.165) is 0 Å². The zero-order valence-electron chi connectivity index (χ0n) is 16.5. The van der Waals surface area contributed by atoms with Gasteiger partial charge in [-0.3, -0.25) is 9.59 Å². The predicted molar refractivity (Wildman–Crippen MR) is 111 cm³/mol. The van der Waals surface area contributed by atoms with Gasteiger partial charge in [0.2, 0.25) is 15.9 Å². The Morgan fingerprint density at radius 1 is 0.966 bits per heavy atom. The Balaban J connectivity index is 1.57. The number of amides is 2. The fourth-order valence-electron chi connectivity index (χ4n) is 3.30. The van der Waals surface area contributed by atoms with Gasteiger partial charge in [-0.25, -0.2) is 8.42 Å². The van der Waals surface area contributed by atoms with E-state index in [1.54, 1.807) is 68.7 Å². The quantitative estimate of drug-likeness (QED) is 0.813. The van der Waals surface area contributed by atoms with Crippen LogP contribution in [0.2, 0.25) is 0 Å². The van der Waals surface area contributed by atoms with E-state index < -0.39 is 10.0 Å². The number of benzene rings is 2. The predicted octanol–water partition coefficient (Wildman–Crippen LogP) is 2.43. The van der Waals surface area contributed by atoms with Crippen LogP contribution >= 0.6 is 0 Å². The first-order valence-electron chi connectivity index (χ1n) is 9.47. The van der Waals surface area contributed by atoms with E-state index in [4.69, 9.17) is 0 Å². The molecule has 1 heterocycles. The number of hydrogen-bond acceptors (Lipinski definition) is 4. The highest BCUT2D eigenvalue weighted by atomic mass is 32.2. The average molecular weight is 416 g/mol. The van der Waals surface area contributed by atoms with Crippen molar-refractivity contribution in [1.29, 1.82) is 0 Å². The van der Waals surface area contributed by atoms with Crippen LogP contribution in [0.3, 0.4) is 0 Å². The summed E-state index contributed by atoms with van der Waals surface area (Å²) in [6.07, 6.45) is 0.935. The van der Waals surface area contributed by atoms with Crippen LogP contribution in [0.1, 0.15) is 23.2 Å². The van der Waals surface area contributed by atoms with Gasteiger partial charge in [0.1, 0.15) is 0 Å². The SMILES string of the molecule is CN(C)C(=O)c1ccc(NC(=O)C2CCN(S(=O)(=O)c3ccccc3)CC2)cc1. The summed E-state index contributed by atoms with van der Waals surface area (Å²) in [5.74, 6) is -0.483. The van der Waals surface area contributed by atoms with Crippen LogP contribution in [0, 0.1) is 5.92 Å². The molecule has 1 N–H and O–H groups in total. The van der Waals surface area contributed by atoms with Gasteiger partial charge >= 0.3 is 0 Å². The smallest absolute Gasteiger partial charge is 0.253 e. The largest absolute Gasteiger partial charge is 0.345 e. The molecule has 0 aliphatic carbocycles. The Morgan fingerprint density at radius 2 is 1.55 bits per heavy atom. The molecule has 0 unspecified atom stereocenters. The van der Waals surface area contributed by atoms with Crippen molar-refractivity contribution in [2.45, 2.75) is 17.7 Å². The summed E-state index contributed by atoms with van der Waals surface area (Å²) in [4.78, 5) is 26.3. The Kier molecular flexibility index (Phi) is 6.34. The maximum atomic E-state index is 12.7. The number of piperidine rings is 1. The van der Waals surface area contributed by atoms with Gasteiger partial charge < -0.3 is 10.2 Å². The van der Waals surface area contributed by atoms with Crippen LogP contribution in [-0.2, 0) is 14.8 Å². The highest BCUT2D eigenvalue weighted by Crippen LogP contribution is 2.25. The number of rotatable bonds is 5. The minimum atomic E-state index is -3.52. The van der Waals surface area contributed by atoms with Crippen LogP contribution in [0.25, 0.3) is 0 Å². The van der Waals surface area contributed by atoms with Crippen LogP contribution in [-0.4, -0.2) is 56.6 Å². The normalized spacial score (nSPS) is 15.7. The second-order valence-electron chi connectivity index (χ2n) is 7.26. The van der Waals surface area contributed by atoms with Crippen molar-refractivity contribution < 1.29 is 18.0 Å². The highest BCUT2D eigenvalue weighted by Gasteiger charge is 2.32. The molecule has 0 saturated carbocycles. The maximum absolute atomic E-state index is 12.7. The molecule has 0 radical (unpaired) electrons. The van der Waals surface area contributed by atoms with Crippen molar-refractivity contribution >= 4 is 27.5 Å². The van der Waals surface area contributed by atoms with E-state index in [1.165, 1.54) is 9.21 Å². The molecular formula is C21H25N3O4S. The summed E-state index contributed by atoms with van der Waals surface area (Å²) in [6, 6.07) is 15.1. The van der Waals surface area contributed by atoms with Crippen molar-refractivity contribution in [2.75, 3.05) is 32.5 Å². The lowest BCUT2D eigenvalue weighted by molar-refractivity contribution is -0.120. The molecule has 3 rings (SSSR count). The van der Waals surface area contributed by atoms with Gasteiger partial charge in [-0.15, -0.1) is 0 Å². The molecule has 7 nitrogen and oxygen atoms in total. The third-order valence-electron chi connectivity index (χ3n) is 5.01. The minimum absolute atomic E-state index is 0.102. The molecule has 0 aromatic heterocycles. The molecule has 2 aromatic rings.